The standard InChI is InChI=1S/C20H42N4.C18H42N4O2.C15H35N3O2.C15H35N3.C4H13N3/c21-19(11-5-3-6-12-19)17-23-15-9-1-2-10-16-24-18-20(22)13-7-4-8-14-20;1-14(8-23-10-15(2)21-12-17(4,5)19)9-24-11-16(3)22-13-18(6,7)20;1-14(2,16)7-5-6-9-19-11-12-20-10-8-18-13-15(3,4)17;1-14(2,16)11-9-7-5-6-8-10-12-18-13-15(3,4)17;5-1-3-7-4-2-6/h23-24H,1-18,21-22H2;14-16,21-22H,8-13,19-20H2,1-7H3;18H,5-13,16-17H2,1-4H3;18H,5-13,16-17H2,1-4H3;7H,1-6H2. The van der Waals surface area contributed by atoms with Gasteiger partial charge < -0.3 is 114 Å². The topological polar surface area (TPSA) is 381 Å². The molecular formula is C72H167N17O4. The van der Waals surface area contributed by atoms with E-state index >= 15 is 0 Å². The normalized spacial score (nSPS) is 16.4. The van der Waals surface area contributed by atoms with E-state index in [0.717, 1.165) is 111 Å². The van der Waals surface area contributed by atoms with Gasteiger partial charge >= 0.3 is 0 Å². The molecule has 0 spiro atoms. The molecule has 27 N–H and O–H groups in total. The lowest BCUT2D eigenvalue weighted by Crippen LogP contribution is -2.50. The predicted octanol–water partition coefficient (Wildman–Crippen LogP) is 6.66. The van der Waals surface area contributed by atoms with Crippen LogP contribution in [0.15, 0.2) is 0 Å². The van der Waals surface area contributed by atoms with E-state index in [1.165, 1.54) is 128 Å². The Morgan fingerprint density at radius 3 is 1.03 bits per heavy atom. The molecule has 0 aromatic carbocycles. The molecule has 2 atom stereocenters. The Morgan fingerprint density at radius 1 is 0.333 bits per heavy atom. The summed E-state index contributed by atoms with van der Waals surface area (Å²) in [6, 6.07) is 0.592. The van der Waals surface area contributed by atoms with E-state index in [-0.39, 0.29) is 44.3 Å². The molecule has 2 fully saturated rings. The van der Waals surface area contributed by atoms with Crippen molar-refractivity contribution in [3.05, 3.63) is 0 Å². The third-order valence-corrected chi connectivity index (χ3v) is 15.8. The zero-order chi connectivity index (χ0) is 71.0. The van der Waals surface area contributed by atoms with Crippen LogP contribution in [0.25, 0.3) is 0 Å². The van der Waals surface area contributed by atoms with Crippen LogP contribution >= 0.6 is 0 Å². The molecule has 2 rings (SSSR count). The Morgan fingerprint density at radius 2 is 0.667 bits per heavy atom. The minimum atomic E-state index is -0.195. The van der Waals surface area contributed by atoms with E-state index < -0.39 is 0 Å². The van der Waals surface area contributed by atoms with Crippen LogP contribution < -0.4 is 94.6 Å². The maximum absolute atomic E-state index is 6.45. The molecule has 0 saturated heterocycles. The molecule has 0 amide bonds. The molecule has 2 saturated carbocycles. The zero-order valence-corrected chi connectivity index (χ0v) is 64.2. The number of rotatable bonds is 53. The maximum Gasteiger partial charge on any atom is 0.0701 e. The number of nitrogens with one attached hydrogen (secondary N) is 7. The van der Waals surface area contributed by atoms with E-state index in [1.807, 2.05) is 41.5 Å². The van der Waals surface area contributed by atoms with Crippen LogP contribution in [-0.4, -0.2) is 201 Å². The first-order valence-corrected chi connectivity index (χ1v) is 37.4. The minimum absolute atomic E-state index is 0.0128. The first-order valence-electron chi connectivity index (χ1n) is 37.4. The third kappa shape index (κ3) is 81.7. The summed E-state index contributed by atoms with van der Waals surface area (Å²) in [7, 11) is 0. The number of nitrogens with two attached hydrogens (primary N) is 10. The highest BCUT2D eigenvalue weighted by Gasteiger charge is 2.28. The van der Waals surface area contributed by atoms with Gasteiger partial charge in [-0.25, -0.2) is 0 Å². The molecule has 2 aliphatic rings. The molecule has 2 unspecified atom stereocenters. The lowest BCUT2D eigenvalue weighted by molar-refractivity contribution is 0.0336. The Kier molecular flexibility index (Phi) is 59.9. The minimum Gasteiger partial charge on any atom is -0.379 e. The molecule has 0 heterocycles. The van der Waals surface area contributed by atoms with Crippen LogP contribution in [0.3, 0.4) is 0 Å². The molecule has 0 radical (unpaired) electrons. The average Bonchev–Trinajstić information content (AvgIpc) is 1.24. The second kappa shape index (κ2) is 57.9. The van der Waals surface area contributed by atoms with E-state index in [2.05, 4.69) is 99.5 Å². The van der Waals surface area contributed by atoms with Gasteiger partial charge in [0.15, 0.2) is 0 Å². The zero-order valence-electron chi connectivity index (χ0n) is 64.2. The molecule has 0 aliphatic heterocycles. The van der Waals surface area contributed by atoms with Crippen LogP contribution in [0, 0.1) is 5.92 Å². The van der Waals surface area contributed by atoms with Crippen molar-refractivity contribution >= 4 is 0 Å². The van der Waals surface area contributed by atoms with E-state index in [1.54, 1.807) is 0 Å². The van der Waals surface area contributed by atoms with Gasteiger partial charge in [0.1, 0.15) is 0 Å². The van der Waals surface area contributed by atoms with Crippen molar-refractivity contribution in [1.29, 1.82) is 0 Å². The van der Waals surface area contributed by atoms with Crippen LogP contribution in [0.1, 0.15) is 258 Å². The van der Waals surface area contributed by atoms with E-state index in [0.29, 0.717) is 77.3 Å². The smallest absolute Gasteiger partial charge is 0.0701 e. The van der Waals surface area contributed by atoms with Gasteiger partial charge in [0, 0.05) is 141 Å². The SMILES string of the molecule is CC(C)(N)CCCCCCCCNCC(C)(C)N.CC(C)(N)CCCCOCCOCCNCC(C)(C)N.CC(COCC(C)NCC(C)(C)N)COCC(C)NCC(C)(C)N.NC1(CNCCCCCCNCC2(N)CCCCC2)CCCCC1.NCCNCCN. The number of hydrogen-bond acceptors (Lipinski definition) is 21. The number of hydrogen-bond donors (Lipinski definition) is 17. The molecule has 0 bridgehead atoms. The van der Waals surface area contributed by atoms with Gasteiger partial charge in [-0.3, -0.25) is 0 Å². The van der Waals surface area contributed by atoms with Gasteiger partial charge in [0.2, 0.25) is 0 Å². The van der Waals surface area contributed by atoms with Gasteiger partial charge in [0.05, 0.1) is 46.2 Å². The molecular weight excluding hydrogens is 1170 g/mol. The Hall–Kier alpha value is -0.840. The summed E-state index contributed by atoms with van der Waals surface area (Å²) in [6.07, 6.45) is 30.2. The molecule has 2 aliphatic carbocycles. The Labute approximate surface area is 575 Å². The summed E-state index contributed by atoms with van der Waals surface area (Å²) in [5, 5.41) is 23.6. The maximum atomic E-state index is 6.45. The molecule has 21 heteroatoms. The summed E-state index contributed by atoms with van der Waals surface area (Å²) in [6.45, 7) is 49.0. The summed E-state index contributed by atoms with van der Waals surface area (Å²) >= 11 is 0. The van der Waals surface area contributed by atoms with Gasteiger partial charge in [-0.1, -0.05) is 90.4 Å². The third-order valence-electron chi connectivity index (χ3n) is 15.8. The second-order valence-electron chi connectivity index (χ2n) is 32.5. The van der Waals surface area contributed by atoms with Gasteiger partial charge in [0.25, 0.3) is 0 Å². The van der Waals surface area contributed by atoms with Crippen molar-refractivity contribution in [2.24, 2.45) is 63.3 Å². The van der Waals surface area contributed by atoms with E-state index in [4.69, 9.17) is 76.3 Å². The van der Waals surface area contributed by atoms with Crippen molar-refractivity contribution in [2.75, 3.05) is 144 Å². The predicted molar refractivity (Wildman–Crippen MR) is 404 cm³/mol. The number of unbranched alkanes of at least 4 members (excludes halogenated alkanes) is 9. The van der Waals surface area contributed by atoms with Crippen LogP contribution in [0.4, 0.5) is 0 Å². The van der Waals surface area contributed by atoms with Crippen LogP contribution in [0.2, 0.25) is 0 Å². The molecule has 21 nitrogen and oxygen atoms in total. The molecule has 564 valence electrons. The Balaban J connectivity index is -0.00000113. The van der Waals surface area contributed by atoms with Crippen molar-refractivity contribution < 1.29 is 18.9 Å². The Bertz CT molecular complexity index is 1460. The second-order valence-corrected chi connectivity index (χ2v) is 32.5. The first kappa shape index (κ1) is 96.3. The largest absolute Gasteiger partial charge is 0.379 e. The van der Waals surface area contributed by atoms with Gasteiger partial charge in [-0.2, -0.15) is 0 Å². The monoisotopic (exact) mass is 1330 g/mol. The summed E-state index contributed by atoms with van der Waals surface area (Å²) in [5.74, 6) is 0.376. The van der Waals surface area contributed by atoms with Crippen LogP contribution in [0.5, 0.6) is 0 Å². The van der Waals surface area contributed by atoms with Gasteiger partial charge in [-0.05, 0) is 187 Å². The number of ether oxygens (including phenoxy) is 4. The fourth-order valence-electron chi connectivity index (χ4n) is 10.3. The van der Waals surface area contributed by atoms with Crippen LogP contribution in [-0.2, 0) is 18.9 Å². The molecule has 0 aromatic rings. The summed E-state index contributed by atoms with van der Waals surface area (Å²) < 4.78 is 22.5. The van der Waals surface area contributed by atoms with Crippen molar-refractivity contribution in [1.82, 2.24) is 37.2 Å². The van der Waals surface area contributed by atoms with Crippen molar-refractivity contribution in [3.63, 3.8) is 0 Å². The lowest BCUT2D eigenvalue weighted by Gasteiger charge is -2.33. The average molecular weight is 1340 g/mol. The highest BCUT2D eigenvalue weighted by atomic mass is 16.5. The molecule has 93 heavy (non-hydrogen) atoms. The summed E-state index contributed by atoms with van der Waals surface area (Å²) in [5.41, 5.74) is 58.2. The highest BCUT2D eigenvalue weighted by Crippen LogP contribution is 2.26. The molecule has 0 aromatic heterocycles. The highest BCUT2D eigenvalue weighted by molar-refractivity contribution is 4.90. The van der Waals surface area contributed by atoms with E-state index in [9.17, 15) is 0 Å². The van der Waals surface area contributed by atoms with Gasteiger partial charge in [-0.15, -0.1) is 0 Å². The fraction of sp³-hybridized carbons (Fsp3) is 1.00. The first-order chi connectivity index (χ1) is 43.3. The van der Waals surface area contributed by atoms with Crippen molar-refractivity contribution in [2.45, 2.75) is 314 Å². The quantitative estimate of drug-likeness (QED) is 0.0283. The fourth-order valence-corrected chi connectivity index (χ4v) is 10.3. The lowest BCUT2D eigenvalue weighted by atomic mass is 9.82. The van der Waals surface area contributed by atoms with Crippen molar-refractivity contribution in [3.8, 4) is 0 Å². The summed E-state index contributed by atoms with van der Waals surface area (Å²) in [4.78, 5) is 0.